The number of hydrogen-bond acceptors (Lipinski definition) is 2. The first-order valence-corrected chi connectivity index (χ1v) is 7.37. The van der Waals surface area contributed by atoms with E-state index in [1.165, 1.54) is 0 Å². The summed E-state index contributed by atoms with van der Waals surface area (Å²) in [5, 5.41) is 4.18. The van der Waals surface area contributed by atoms with Gasteiger partial charge in [-0.3, -0.25) is 4.79 Å². The lowest BCUT2D eigenvalue weighted by Gasteiger charge is -2.21. The van der Waals surface area contributed by atoms with Crippen molar-refractivity contribution in [1.82, 2.24) is 9.78 Å². The molecule has 0 aliphatic rings. The first kappa shape index (κ1) is 14.8. The Morgan fingerprint density at radius 2 is 1.83 bits per heavy atom. The molecule has 1 heterocycles. The van der Waals surface area contributed by atoms with Gasteiger partial charge in [0.15, 0.2) is 0 Å². The second-order valence-corrected chi connectivity index (χ2v) is 5.04. The standard InChI is InChI=1S/C19H17N3O/c1-2-14-21(17-7-4-3-5-8-17)19(23)16-9-11-18(12-10-16)22-15-6-13-20-22/h2-13,15H,1,14H2. The van der Waals surface area contributed by atoms with Crippen LogP contribution in [-0.4, -0.2) is 22.2 Å². The number of carbonyl (C=O) groups is 1. The Hall–Kier alpha value is -3.14. The number of para-hydroxylation sites is 1. The predicted octanol–water partition coefficient (Wildman–Crippen LogP) is 3.71. The lowest BCUT2D eigenvalue weighted by molar-refractivity contribution is 0.0989. The molecular weight excluding hydrogens is 286 g/mol. The molecule has 3 aromatic rings. The molecule has 0 atom stereocenters. The molecule has 2 aromatic carbocycles. The maximum absolute atomic E-state index is 12.8. The van der Waals surface area contributed by atoms with E-state index in [4.69, 9.17) is 0 Å². The zero-order valence-electron chi connectivity index (χ0n) is 12.7. The molecule has 0 aliphatic heterocycles. The van der Waals surface area contributed by atoms with E-state index in [2.05, 4.69) is 11.7 Å². The molecule has 0 N–H and O–H groups in total. The first-order valence-electron chi connectivity index (χ1n) is 7.37. The quantitative estimate of drug-likeness (QED) is 0.674. The zero-order chi connectivity index (χ0) is 16.1. The van der Waals surface area contributed by atoms with E-state index in [-0.39, 0.29) is 5.91 Å². The Morgan fingerprint density at radius 3 is 2.43 bits per heavy atom. The van der Waals surface area contributed by atoms with Crippen molar-refractivity contribution in [3.63, 3.8) is 0 Å². The maximum Gasteiger partial charge on any atom is 0.258 e. The molecule has 0 saturated heterocycles. The minimum Gasteiger partial charge on any atom is -0.305 e. The molecule has 0 aliphatic carbocycles. The van der Waals surface area contributed by atoms with Crippen LogP contribution in [0, 0.1) is 0 Å². The second-order valence-electron chi connectivity index (χ2n) is 5.04. The van der Waals surface area contributed by atoms with E-state index in [1.54, 1.807) is 21.9 Å². The van der Waals surface area contributed by atoms with E-state index in [0.29, 0.717) is 12.1 Å². The van der Waals surface area contributed by atoms with Gasteiger partial charge in [-0.2, -0.15) is 5.10 Å². The summed E-state index contributed by atoms with van der Waals surface area (Å²) in [6.45, 7) is 4.21. The molecule has 4 nitrogen and oxygen atoms in total. The molecule has 0 unspecified atom stereocenters. The fourth-order valence-corrected chi connectivity index (χ4v) is 2.38. The van der Waals surface area contributed by atoms with Crippen LogP contribution in [0.4, 0.5) is 5.69 Å². The molecule has 4 heteroatoms. The number of rotatable bonds is 5. The Balaban J connectivity index is 1.87. The largest absolute Gasteiger partial charge is 0.305 e. The Bertz CT molecular complexity index is 777. The van der Waals surface area contributed by atoms with Gasteiger partial charge in [0.1, 0.15) is 0 Å². The zero-order valence-corrected chi connectivity index (χ0v) is 12.7. The highest BCUT2D eigenvalue weighted by molar-refractivity contribution is 6.06. The molecule has 3 rings (SSSR count). The van der Waals surface area contributed by atoms with Crippen molar-refractivity contribution in [2.24, 2.45) is 0 Å². The number of hydrogen-bond donors (Lipinski definition) is 0. The van der Waals surface area contributed by atoms with Crippen LogP contribution in [0.5, 0.6) is 0 Å². The average Bonchev–Trinajstić information content (AvgIpc) is 3.15. The molecular formula is C19H17N3O. The van der Waals surface area contributed by atoms with Crippen LogP contribution in [0.3, 0.4) is 0 Å². The van der Waals surface area contributed by atoms with Gasteiger partial charge in [0.05, 0.1) is 5.69 Å². The third-order valence-electron chi connectivity index (χ3n) is 3.51. The third-order valence-corrected chi connectivity index (χ3v) is 3.51. The van der Waals surface area contributed by atoms with E-state index in [0.717, 1.165) is 11.4 Å². The number of carbonyl (C=O) groups excluding carboxylic acids is 1. The van der Waals surface area contributed by atoms with Crippen LogP contribution in [0.25, 0.3) is 5.69 Å². The van der Waals surface area contributed by atoms with Gasteiger partial charge in [-0.1, -0.05) is 24.3 Å². The van der Waals surface area contributed by atoms with Crippen LogP contribution in [0.15, 0.2) is 85.7 Å². The minimum atomic E-state index is -0.0527. The van der Waals surface area contributed by atoms with Crippen molar-refractivity contribution in [2.75, 3.05) is 11.4 Å². The van der Waals surface area contributed by atoms with Crippen molar-refractivity contribution < 1.29 is 4.79 Å². The van der Waals surface area contributed by atoms with Crippen LogP contribution < -0.4 is 4.90 Å². The molecule has 1 aromatic heterocycles. The monoisotopic (exact) mass is 303 g/mol. The van der Waals surface area contributed by atoms with E-state index in [9.17, 15) is 4.79 Å². The van der Waals surface area contributed by atoms with Crippen molar-refractivity contribution in [2.45, 2.75) is 0 Å². The van der Waals surface area contributed by atoms with Gasteiger partial charge in [0.25, 0.3) is 5.91 Å². The van der Waals surface area contributed by atoms with E-state index in [1.807, 2.05) is 66.9 Å². The molecule has 0 fully saturated rings. The summed E-state index contributed by atoms with van der Waals surface area (Å²) in [6.07, 6.45) is 5.31. The Kier molecular flexibility index (Phi) is 4.34. The normalized spacial score (nSPS) is 10.3. The number of anilines is 1. The van der Waals surface area contributed by atoms with Gasteiger partial charge in [-0.15, -0.1) is 6.58 Å². The number of benzene rings is 2. The summed E-state index contributed by atoms with van der Waals surface area (Å²) < 4.78 is 1.76. The van der Waals surface area contributed by atoms with Crippen molar-refractivity contribution in [3.8, 4) is 5.69 Å². The second kappa shape index (κ2) is 6.75. The number of nitrogens with zero attached hydrogens (tertiary/aromatic N) is 3. The van der Waals surface area contributed by atoms with Gasteiger partial charge in [-0.05, 0) is 42.5 Å². The molecule has 0 radical (unpaired) electrons. The summed E-state index contributed by atoms with van der Waals surface area (Å²) in [5.41, 5.74) is 2.40. The average molecular weight is 303 g/mol. The molecule has 1 amide bonds. The van der Waals surface area contributed by atoms with Gasteiger partial charge < -0.3 is 4.90 Å². The van der Waals surface area contributed by atoms with E-state index >= 15 is 0 Å². The summed E-state index contributed by atoms with van der Waals surface area (Å²) in [6, 6.07) is 18.9. The van der Waals surface area contributed by atoms with Crippen LogP contribution in [0.2, 0.25) is 0 Å². The summed E-state index contributed by atoms with van der Waals surface area (Å²) in [4.78, 5) is 14.5. The first-order chi connectivity index (χ1) is 11.3. The van der Waals surface area contributed by atoms with Crippen molar-refractivity contribution in [3.05, 3.63) is 91.3 Å². The third kappa shape index (κ3) is 3.21. The summed E-state index contributed by atoms with van der Waals surface area (Å²) in [5.74, 6) is -0.0527. The fraction of sp³-hybridized carbons (Fsp3) is 0.0526. The molecule has 114 valence electrons. The van der Waals surface area contributed by atoms with Crippen LogP contribution in [-0.2, 0) is 0 Å². The highest BCUT2D eigenvalue weighted by atomic mass is 16.2. The maximum atomic E-state index is 12.8. The minimum absolute atomic E-state index is 0.0527. The van der Waals surface area contributed by atoms with Crippen molar-refractivity contribution in [1.29, 1.82) is 0 Å². The Morgan fingerprint density at radius 1 is 1.09 bits per heavy atom. The summed E-state index contributed by atoms with van der Waals surface area (Å²) in [7, 11) is 0. The molecule has 23 heavy (non-hydrogen) atoms. The smallest absolute Gasteiger partial charge is 0.258 e. The number of amides is 1. The highest BCUT2D eigenvalue weighted by Gasteiger charge is 2.16. The van der Waals surface area contributed by atoms with Gasteiger partial charge >= 0.3 is 0 Å². The SMILES string of the molecule is C=CCN(C(=O)c1ccc(-n2cccn2)cc1)c1ccccc1. The highest BCUT2D eigenvalue weighted by Crippen LogP contribution is 2.18. The molecule has 0 spiro atoms. The fourth-order valence-electron chi connectivity index (χ4n) is 2.38. The lowest BCUT2D eigenvalue weighted by Crippen LogP contribution is -2.30. The molecule has 0 saturated carbocycles. The summed E-state index contributed by atoms with van der Waals surface area (Å²) >= 11 is 0. The van der Waals surface area contributed by atoms with Gasteiger partial charge in [0, 0.05) is 30.2 Å². The van der Waals surface area contributed by atoms with Gasteiger partial charge in [0.2, 0.25) is 0 Å². The van der Waals surface area contributed by atoms with Crippen LogP contribution in [0.1, 0.15) is 10.4 Å². The van der Waals surface area contributed by atoms with Crippen molar-refractivity contribution >= 4 is 11.6 Å². The predicted molar refractivity (Wildman–Crippen MR) is 91.9 cm³/mol. The van der Waals surface area contributed by atoms with Gasteiger partial charge in [-0.25, -0.2) is 4.68 Å². The molecule has 0 bridgehead atoms. The lowest BCUT2D eigenvalue weighted by atomic mass is 10.1. The van der Waals surface area contributed by atoms with E-state index < -0.39 is 0 Å². The number of aromatic nitrogens is 2. The Labute approximate surface area is 135 Å². The topological polar surface area (TPSA) is 38.1 Å². The van der Waals surface area contributed by atoms with Crippen LogP contribution >= 0.6 is 0 Å².